The van der Waals surface area contributed by atoms with E-state index in [1.807, 2.05) is 27.7 Å². The molecule has 6 nitrogen and oxygen atoms in total. The Hall–Kier alpha value is -2.67. The lowest BCUT2D eigenvalue weighted by Gasteiger charge is -2.19. The fraction of sp³-hybridized carbons (Fsp3) is 0.444. The predicted molar refractivity (Wildman–Crippen MR) is 144 cm³/mol. The van der Waals surface area contributed by atoms with Crippen molar-refractivity contribution in [1.29, 1.82) is 0 Å². The van der Waals surface area contributed by atoms with Crippen LogP contribution in [0.4, 0.5) is 4.79 Å². The van der Waals surface area contributed by atoms with Crippen molar-refractivity contribution in [2.45, 2.75) is 67.9 Å². The van der Waals surface area contributed by atoms with Crippen molar-refractivity contribution in [2.75, 3.05) is 13.1 Å². The Labute approximate surface area is 214 Å². The van der Waals surface area contributed by atoms with Crippen LogP contribution in [-0.4, -0.2) is 36.5 Å². The van der Waals surface area contributed by atoms with Crippen molar-refractivity contribution < 1.29 is 19.1 Å². The average Bonchev–Trinajstić information content (AvgIpc) is 2.81. The zero-order valence-electron chi connectivity index (χ0n) is 22.0. The maximum Gasteiger partial charge on any atom is 0.408 e. The topological polar surface area (TPSA) is 84.5 Å². The first kappa shape index (κ1) is 33.5. The van der Waals surface area contributed by atoms with Gasteiger partial charge in [-0.2, -0.15) is 0 Å². The second-order valence-electron chi connectivity index (χ2n) is 7.67. The van der Waals surface area contributed by atoms with Gasteiger partial charge in [-0.15, -0.1) is 0 Å². The average molecular weight is 538 g/mol. The molecule has 2 aromatic carbocycles. The van der Waals surface area contributed by atoms with Crippen LogP contribution in [-0.2, 0) is 9.53 Å². The van der Waals surface area contributed by atoms with E-state index in [2.05, 4.69) is 58.6 Å². The number of rotatable bonds is 5. The van der Waals surface area contributed by atoms with Gasteiger partial charge in [0.05, 0.1) is 6.54 Å². The minimum Gasteiger partial charge on any atom is -0.444 e. The highest BCUT2D eigenvalue weighted by Gasteiger charge is 2.16. The molecule has 2 amide bonds. The zero-order valence-corrected chi connectivity index (χ0v) is 23.6. The Morgan fingerprint density at radius 2 is 1.41 bits per heavy atom. The number of carbonyl (C=O) groups is 3. The second-order valence-corrected chi connectivity index (χ2v) is 8.53. The summed E-state index contributed by atoms with van der Waals surface area (Å²) >= 11 is 3.45. The second kappa shape index (κ2) is 18.7. The number of nitrogens with one attached hydrogen (secondary N) is 2. The summed E-state index contributed by atoms with van der Waals surface area (Å²) in [6.07, 6.45) is -0.674. The van der Waals surface area contributed by atoms with E-state index in [-0.39, 0.29) is 18.9 Å². The van der Waals surface area contributed by atoms with Crippen LogP contribution in [0, 0.1) is 13.8 Å². The van der Waals surface area contributed by atoms with E-state index in [0.717, 1.165) is 0 Å². The molecule has 0 radical (unpaired) electrons. The number of amides is 2. The third kappa shape index (κ3) is 16.9. The molecule has 0 unspecified atom stereocenters. The molecule has 7 heteroatoms. The summed E-state index contributed by atoms with van der Waals surface area (Å²) in [7, 11) is 0. The molecular formula is C27H41BrN2O4. The molecule has 0 aliphatic carbocycles. The highest BCUT2D eigenvalue weighted by Crippen LogP contribution is 2.16. The van der Waals surface area contributed by atoms with Gasteiger partial charge in [0.25, 0.3) is 0 Å². The van der Waals surface area contributed by atoms with E-state index in [0.29, 0.717) is 5.56 Å². The van der Waals surface area contributed by atoms with Crippen LogP contribution in [0.1, 0.15) is 70.0 Å². The van der Waals surface area contributed by atoms with E-state index in [4.69, 9.17) is 4.74 Å². The van der Waals surface area contributed by atoms with Crippen molar-refractivity contribution in [3.8, 4) is 0 Å². The predicted octanol–water partition coefficient (Wildman–Crippen LogP) is 6.63. The fourth-order valence-corrected chi connectivity index (χ4v) is 2.63. The normalized spacial score (nSPS) is 9.47. The first-order valence-corrected chi connectivity index (χ1v) is 12.3. The molecule has 0 spiro atoms. The third-order valence-electron chi connectivity index (χ3n) is 3.66. The molecule has 0 saturated carbocycles. The van der Waals surface area contributed by atoms with Gasteiger partial charge in [0.2, 0.25) is 5.91 Å². The summed E-state index contributed by atoms with van der Waals surface area (Å²) in [4.78, 5) is 34.6. The lowest BCUT2D eigenvalue weighted by molar-refractivity contribution is -0.120. The number of hydrogen-bond acceptors (Lipinski definition) is 4. The van der Waals surface area contributed by atoms with Crippen LogP contribution in [0.3, 0.4) is 0 Å². The Kier molecular flexibility index (Phi) is 18.4. The van der Waals surface area contributed by atoms with Gasteiger partial charge in [0.15, 0.2) is 5.78 Å². The minimum absolute atomic E-state index is 0.112. The van der Waals surface area contributed by atoms with Crippen LogP contribution < -0.4 is 10.6 Å². The third-order valence-corrected chi connectivity index (χ3v) is 4.52. The number of carbonyl (C=O) groups excluding carboxylic acids is 3. The molecule has 34 heavy (non-hydrogen) atoms. The largest absolute Gasteiger partial charge is 0.444 e. The van der Waals surface area contributed by atoms with Gasteiger partial charge < -0.3 is 15.4 Å². The molecule has 0 saturated heterocycles. The number of Topliss-reactive ketones (excluding diaryl/α,β-unsaturated/α-hetero) is 1. The van der Waals surface area contributed by atoms with E-state index >= 15 is 0 Å². The van der Waals surface area contributed by atoms with Gasteiger partial charge in [-0.1, -0.05) is 86.1 Å². The molecule has 0 atom stereocenters. The lowest BCUT2D eigenvalue weighted by atomic mass is 10.1. The van der Waals surface area contributed by atoms with Crippen molar-refractivity contribution in [3.63, 3.8) is 0 Å². The summed E-state index contributed by atoms with van der Waals surface area (Å²) in [5, 5.41) is 4.76. The summed E-state index contributed by atoms with van der Waals surface area (Å²) in [6.45, 7) is 17.0. The highest BCUT2D eigenvalue weighted by molar-refractivity contribution is 9.10. The number of hydrogen-bond donors (Lipinski definition) is 2. The Morgan fingerprint density at radius 3 is 1.88 bits per heavy atom. The van der Waals surface area contributed by atoms with Crippen molar-refractivity contribution in [1.82, 2.24) is 10.6 Å². The first-order valence-electron chi connectivity index (χ1n) is 11.5. The summed E-state index contributed by atoms with van der Waals surface area (Å²) in [5.74, 6) is -0.647. The van der Waals surface area contributed by atoms with E-state index in [1.54, 1.807) is 51.1 Å². The van der Waals surface area contributed by atoms with Crippen molar-refractivity contribution >= 4 is 33.7 Å². The molecule has 0 fully saturated rings. The molecule has 0 aliphatic heterocycles. The Morgan fingerprint density at radius 1 is 0.853 bits per heavy atom. The smallest absolute Gasteiger partial charge is 0.408 e. The van der Waals surface area contributed by atoms with E-state index in [1.165, 1.54) is 15.6 Å². The molecule has 2 rings (SSSR count). The monoisotopic (exact) mass is 536 g/mol. The standard InChI is InChI=1S/C15H20N2O4.C8H9Br.2C2H6/c1-15(2,3)21-14(20)17-10-13(19)16-9-12(18)11-7-5-4-6-8-11;1-6-3-4-7(2)8(9)5-6;2*1-2/h4-8H,9-10H2,1-3H3,(H,16,19)(H,17,20);3-5H,1-2H3;2*1-2H3. The van der Waals surface area contributed by atoms with Gasteiger partial charge in [0.1, 0.15) is 12.1 Å². The minimum atomic E-state index is -0.674. The maximum atomic E-state index is 11.7. The number of aryl methyl sites for hydroxylation is 2. The number of benzene rings is 2. The van der Waals surface area contributed by atoms with Crippen molar-refractivity contribution in [2.24, 2.45) is 0 Å². The van der Waals surface area contributed by atoms with Crippen molar-refractivity contribution in [3.05, 3.63) is 69.7 Å². The SMILES string of the molecule is CC.CC.CC(C)(C)OC(=O)NCC(=O)NCC(=O)c1ccccc1.Cc1ccc(C)c(Br)c1. The molecule has 0 bridgehead atoms. The molecule has 2 aromatic rings. The molecule has 0 aromatic heterocycles. The van der Waals surface area contributed by atoms with Crippen LogP contribution in [0.15, 0.2) is 53.0 Å². The lowest BCUT2D eigenvalue weighted by Crippen LogP contribution is -2.41. The van der Waals surface area contributed by atoms with Gasteiger partial charge in [-0.25, -0.2) is 4.79 Å². The number of halogens is 1. The van der Waals surface area contributed by atoms with Crippen LogP contribution in [0.25, 0.3) is 0 Å². The van der Waals surface area contributed by atoms with Crippen LogP contribution in [0.2, 0.25) is 0 Å². The van der Waals surface area contributed by atoms with Crippen LogP contribution >= 0.6 is 15.9 Å². The van der Waals surface area contributed by atoms with Gasteiger partial charge in [-0.3, -0.25) is 9.59 Å². The molecule has 0 aliphatic rings. The first-order chi connectivity index (χ1) is 16.0. The molecular weight excluding hydrogens is 496 g/mol. The van der Waals surface area contributed by atoms with Gasteiger partial charge in [0, 0.05) is 10.0 Å². The number of ketones is 1. The zero-order chi connectivity index (χ0) is 26.7. The maximum absolute atomic E-state index is 11.7. The number of alkyl carbamates (subject to hydrolysis) is 1. The quantitative estimate of drug-likeness (QED) is 0.420. The number of ether oxygens (including phenoxy) is 1. The van der Waals surface area contributed by atoms with E-state index in [9.17, 15) is 14.4 Å². The van der Waals surface area contributed by atoms with Gasteiger partial charge in [-0.05, 0) is 51.8 Å². The summed E-state index contributed by atoms with van der Waals surface area (Å²) in [5.41, 5.74) is 2.50. The van der Waals surface area contributed by atoms with Gasteiger partial charge >= 0.3 is 6.09 Å². The summed E-state index contributed by atoms with van der Waals surface area (Å²) < 4.78 is 6.18. The molecule has 0 heterocycles. The fourth-order valence-electron chi connectivity index (χ4n) is 2.13. The molecule has 190 valence electrons. The Balaban J connectivity index is 0. The Bertz CT molecular complexity index is 863. The highest BCUT2D eigenvalue weighted by atomic mass is 79.9. The van der Waals surface area contributed by atoms with Crippen LogP contribution in [0.5, 0.6) is 0 Å². The summed E-state index contributed by atoms with van der Waals surface area (Å²) in [6, 6.07) is 15.0. The van der Waals surface area contributed by atoms with E-state index < -0.39 is 17.6 Å². The molecule has 2 N–H and O–H groups in total.